The van der Waals surface area contributed by atoms with Gasteiger partial charge in [0.1, 0.15) is 5.82 Å². The molecule has 2 rings (SSSR count). The standard InChI is InChI=1S/C19H21FO4S/c1-3-24-19(21)18(25(2,22)23)13-6-14-4-7-15(8-5-14)16-9-11-17(20)12-10-16/h4-5,7-12,18H,3,6,13H2,1-2H3. The average Bonchev–Trinajstić information content (AvgIpc) is 2.55. The van der Waals surface area contributed by atoms with Gasteiger partial charge in [0.2, 0.25) is 0 Å². The van der Waals surface area contributed by atoms with Gasteiger partial charge in [0.25, 0.3) is 0 Å². The summed E-state index contributed by atoms with van der Waals surface area (Å²) in [5.74, 6) is -0.987. The van der Waals surface area contributed by atoms with Gasteiger partial charge >= 0.3 is 5.97 Å². The summed E-state index contributed by atoms with van der Waals surface area (Å²) in [5, 5.41) is -1.15. The molecule has 0 saturated heterocycles. The van der Waals surface area contributed by atoms with Crippen molar-refractivity contribution >= 4 is 15.8 Å². The van der Waals surface area contributed by atoms with Crippen molar-refractivity contribution < 1.29 is 22.3 Å². The molecule has 6 heteroatoms. The van der Waals surface area contributed by atoms with E-state index < -0.39 is 21.1 Å². The van der Waals surface area contributed by atoms with Gasteiger partial charge in [-0.05, 0) is 48.6 Å². The third-order valence-corrected chi connectivity index (χ3v) is 5.35. The highest BCUT2D eigenvalue weighted by Gasteiger charge is 2.29. The molecule has 0 amide bonds. The number of halogens is 1. The Hall–Kier alpha value is -2.21. The van der Waals surface area contributed by atoms with E-state index in [0.29, 0.717) is 6.42 Å². The minimum Gasteiger partial charge on any atom is -0.465 e. The van der Waals surface area contributed by atoms with Crippen LogP contribution in [-0.4, -0.2) is 32.5 Å². The number of rotatable bonds is 7. The van der Waals surface area contributed by atoms with E-state index in [1.54, 1.807) is 19.1 Å². The van der Waals surface area contributed by atoms with Crippen LogP contribution in [0.5, 0.6) is 0 Å². The molecule has 0 N–H and O–H groups in total. The van der Waals surface area contributed by atoms with Gasteiger partial charge in [-0.1, -0.05) is 36.4 Å². The van der Waals surface area contributed by atoms with Crippen molar-refractivity contribution in [3.05, 3.63) is 59.9 Å². The van der Waals surface area contributed by atoms with Gasteiger partial charge in [0.15, 0.2) is 15.1 Å². The van der Waals surface area contributed by atoms with Crippen LogP contribution < -0.4 is 0 Å². The highest BCUT2D eigenvalue weighted by Crippen LogP contribution is 2.21. The summed E-state index contributed by atoms with van der Waals surface area (Å²) >= 11 is 0. The Morgan fingerprint density at radius 1 is 1.04 bits per heavy atom. The highest BCUT2D eigenvalue weighted by atomic mass is 32.2. The molecular weight excluding hydrogens is 343 g/mol. The average molecular weight is 364 g/mol. The Labute approximate surface area is 147 Å². The third kappa shape index (κ3) is 5.39. The molecule has 0 spiro atoms. The molecule has 25 heavy (non-hydrogen) atoms. The van der Waals surface area contributed by atoms with Crippen LogP contribution in [0.3, 0.4) is 0 Å². The van der Waals surface area contributed by atoms with Crippen molar-refractivity contribution in [1.29, 1.82) is 0 Å². The van der Waals surface area contributed by atoms with Crippen LogP contribution in [0.2, 0.25) is 0 Å². The number of aryl methyl sites for hydroxylation is 1. The lowest BCUT2D eigenvalue weighted by Crippen LogP contribution is -2.31. The van der Waals surface area contributed by atoms with E-state index in [0.717, 1.165) is 22.9 Å². The van der Waals surface area contributed by atoms with Gasteiger partial charge in [0, 0.05) is 6.26 Å². The SMILES string of the molecule is CCOC(=O)C(CCc1ccc(-c2ccc(F)cc2)cc1)S(C)(=O)=O. The Morgan fingerprint density at radius 2 is 1.56 bits per heavy atom. The predicted molar refractivity (Wildman–Crippen MR) is 95.4 cm³/mol. The minimum atomic E-state index is -3.52. The van der Waals surface area contributed by atoms with Crippen molar-refractivity contribution in [3.8, 4) is 11.1 Å². The first-order chi connectivity index (χ1) is 11.8. The Morgan fingerprint density at radius 3 is 2.04 bits per heavy atom. The van der Waals surface area contributed by atoms with Gasteiger partial charge in [-0.15, -0.1) is 0 Å². The number of hydrogen-bond acceptors (Lipinski definition) is 4. The number of benzene rings is 2. The van der Waals surface area contributed by atoms with Crippen molar-refractivity contribution in [1.82, 2.24) is 0 Å². The molecule has 0 saturated carbocycles. The van der Waals surface area contributed by atoms with Crippen LogP contribution in [0, 0.1) is 5.82 Å². The van der Waals surface area contributed by atoms with Crippen LogP contribution in [-0.2, 0) is 25.8 Å². The second-order valence-electron chi connectivity index (χ2n) is 5.81. The molecule has 0 radical (unpaired) electrons. The lowest BCUT2D eigenvalue weighted by Gasteiger charge is -2.14. The molecule has 0 aliphatic heterocycles. The van der Waals surface area contributed by atoms with Gasteiger partial charge in [-0.2, -0.15) is 0 Å². The molecule has 134 valence electrons. The van der Waals surface area contributed by atoms with Crippen LogP contribution in [0.1, 0.15) is 18.9 Å². The van der Waals surface area contributed by atoms with Crippen LogP contribution in [0.4, 0.5) is 4.39 Å². The van der Waals surface area contributed by atoms with Gasteiger partial charge < -0.3 is 4.74 Å². The summed E-state index contributed by atoms with van der Waals surface area (Å²) in [6.45, 7) is 1.79. The molecule has 2 aromatic rings. The first kappa shape index (κ1) is 19.1. The monoisotopic (exact) mass is 364 g/mol. The fourth-order valence-electron chi connectivity index (χ4n) is 2.55. The maximum absolute atomic E-state index is 13.0. The molecule has 0 aliphatic carbocycles. The Bertz CT molecular complexity index is 812. The lowest BCUT2D eigenvalue weighted by atomic mass is 10.0. The number of ether oxygens (including phenoxy) is 1. The van der Waals surface area contributed by atoms with Gasteiger partial charge in [-0.25, -0.2) is 12.8 Å². The molecule has 0 heterocycles. The van der Waals surface area contributed by atoms with Crippen LogP contribution >= 0.6 is 0 Å². The third-order valence-electron chi connectivity index (χ3n) is 3.89. The summed E-state index contributed by atoms with van der Waals surface area (Å²) in [6.07, 6.45) is 1.67. The van der Waals surface area contributed by atoms with Gasteiger partial charge in [-0.3, -0.25) is 4.79 Å². The first-order valence-corrected chi connectivity index (χ1v) is 9.97. The van der Waals surface area contributed by atoms with Gasteiger partial charge in [0.05, 0.1) is 6.61 Å². The molecule has 0 fully saturated rings. The number of carbonyl (C=O) groups is 1. The summed E-state index contributed by atoms with van der Waals surface area (Å²) in [5.41, 5.74) is 2.76. The zero-order valence-corrected chi connectivity index (χ0v) is 15.1. The number of hydrogen-bond donors (Lipinski definition) is 0. The minimum absolute atomic E-state index is 0.150. The topological polar surface area (TPSA) is 60.4 Å². The fourth-order valence-corrected chi connectivity index (χ4v) is 3.51. The molecule has 1 atom stereocenters. The summed E-state index contributed by atoms with van der Waals surface area (Å²) in [7, 11) is -3.52. The number of carbonyl (C=O) groups excluding carboxylic acids is 1. The number of sulfone groups is 1. The van der Waals surface area contributed by atoms with E-state index in [2.05, 4.69) is 0 Å². The predicted octanol–water partition coefficient (Wildman–Crippen LogP) is 3.40. The van der Waals surface area contributed by atoms with E-state index in [-0.39, 0.29) is 18.8 Å². The summed E-state index contributed by atoms with van der Waals surface area (Å²) < 4.78 is 41.4. The maximum atomic E-state index is 13.0. The molecule has 2 aromatic carbocycles. The van der Waals surface area contributed by atoms with Crippen LogP contribution in [0.15, 0.2) is 48.5 Å². The normalized spacial score (nSPS) is 12.6. The molecule has 0 aromatic heterocycles. The zero-order valence-electron chi connectivity index (χ0n) is 14.2. The van der Waals surface area contributed by atoms with E-state index in [9.17, 15) is 17.6 Å². The quantitative estimate of drug-likeness (QED) is 0.707. The van der Waals surface area contributed by atoms with E-state index >= 15 is 0 Å². The maximum Gasteiger partial charge on any atom is 0.324 e. The second-order valence-corrected chi connectivity index (χ2v) is 8.04. The fraction of sp³-hybridized carbons (Fsp3) is 0.316. The van der Waals surface area contributed by atoms with Crippen molar-refractivity contribution in [2.75, 3.05) is 12.9 Å². The largest absolute Gasteiger partial charge is 0.465 e. The molecule has 1 unspecified atom stereocenters. The van der Waals surface area contributed by atoms with Crippen LogP contribution in [0.25, 0.3) is 11.1 Å². The first-order valence-electron chi connectivity index (χ1n) is 8.01. The molecule has 4 nitrogen and oxygen atoms in total. The Kier molecular flexibility index (Phi) is 6.31. The Balaban J connectivity index is 2.07. The molecule has 0 bridgehead atoms. The highest BCUT2D eigenvalue weighted by molar-refractivity contribution is 7.92. The second kappa shape index (κ2) is 8.25. The van der Waals surface area contributed by atoms with Crippen molar-refractivity contribution in [2.45, 2.75) is 25.0 Å². The van der Waals surface area contributed by atoms with Crippen molar-refractivity contribution in [2.24, 2.45) is 0 Å². The number of esters is 1. The lowest BCUT2D eigenvalue weighted by molar-refractivity contribution is -0.142. The molecule has 0 aliphatic rings. The van der Waals surface area contributed by atoms with E-state index in [4.69, 9.17) is 4.74 Å². The van der Waals surface area contributed by atoms with E-state index in [1.807, 2.05) is 24.3 Å². The molecular formula is C19H21FO4S. The smallest absolute Gasteiger partial charge is 0.324 e. The van der Waals surface area contributed by atoms with E-state index in [1.165, 1.54) is 12.1 Å². The summed E-state index contributed by atoms with van der Waals surface area (Å²) in [6, 6.07) is 13.7. The summed E-state index contributed by atoms with van der Waals surface area (Å²) in [4.78, 5) is 11.8. The van der Waals surface area contributed by atoms with Crippen molar-refractivity contribution in [3.63, 3.8) is 0 Å². The zero-order chi connectivity index (χ0) is 18.4.